The average Bonchev–Trinajstić information content (AvgIpc) is 2.33. The molecule has 0 saturated carbocycles. The van der Waals surface area contributed by atoms with Gasteiger partial charge in [0.2, 0.25) is 11.8 Å². The van der Waals surface area contributed by atoms with Gasteiger partial charge in [0.05, 0.1) is 6.54 Å². The fourth-order valence-electron chi connectivity index (χ4n) is 1.99. The quantitative estimate of drug-likeness (QED) is 0.880. The minimum absolute atomic E-state index is 0.359. The number of piperazine rings is 1. The molecule has 1 atom stereocenters. The highest BCUT2D eigenvalue weighted by atomic mass is 19.4. The van der Waals surface area contributed by atoms with Crippen molar-refractivity contribution in [3.8, 4) is 0 Å². The van der Waals surface area contributed by atoms with Crippen molar-refractivity contribution < 1.29 is 22.8 Å². The largest absolute Gasteiger partial charge is 0.406 e. The van der Waals surface area contributed by atoms with Crippen LogP contribution in [-0.2, 0) is 9.59 Å². The second-order valence-electron chi connectivity index (χ2n) is 4.17. The molecular weight excluding hydrogens is 261 g/mol. The van der Waals surface area contributed by atoms with Crippen molar-refractivity contribution in [1.82, 2.24) is 10.2 Å². The predicted octanol–water partition coefficient (Wildman–Crippen LogP) is 1.25. The molecule has 2 rings (SSSR count). The molecule has 0 spiro atoms. The minimum atomic E-state index is -4.54. The Morgan fingerprint density at radius 1 is 1.21 bits per heavy atom. The summed E-state index contributed by atoms with van der Waals surface area (Å²) in [6.45, 7) is -1.84. The summed E-state index contributed by atoms with van der Waals surface area (Å²) < 4.78 is 37.5. The Hall–Kier alpha value is -2.05. The zero-order valence-corrected chi connectivity index (χ0v) is 9.78. The highest BCUT2D eigenvalue weighted by molar-refractivity contribution is 5.95. The number of carbonyl (C=O) groups excluding carboxylic acids is 2. The minimum Gasteiger partial charge on any atom is -0.345 e. The zero-order valence-electron chi connectivity index (χ0n) is 9.78. The smallest absolute Gasteiger partial charge is 0.345 e. The van der Waals surface area contributed by atoms with Gasteiger partial charge < -0.3 is 10.2 Å². The third kappa shape index (κ3) is 3.04. The zero-order chi connectivity index (χ0) is 14.0. The predicted molar refractivity (Wildman–Crippen MR) is 60.0 cm³/mol. The summed E-state index contributed by atoms with van der Waals surface area (Å²) in [4.78, 5) is 23.9. The number of rotatable bonds is 2. The van der Waals surface area contributed by atoms with Crippen molar-refractivity contribution in [2.45, 2.75) is 12.2 Å². The number of hydrogen-bond donors (Lipinski definition) is 1. The van der Waals surface area contributed by atoms with E-state index in [1.807, 2.05) is 0 Å². The highest BCUT2D eigenvalue weighted by Gasteiger charge is 2.42. The van der Waals surface area contributed by atoms with Gasteiger partial charge in [0.15, 0.2) is 0 Å². The first-order chi connectivity index (χ1) is 8.88. The number of amides is 2. The molecule has 1 aliphatic heterocycles. The maximum absolute atomic E-state index is 12.5. The summed E-state index contributed by atoms with van der Waals surface area (Å²) in [6.07, 6.45) is -4.54. The molecule has 1 fully saturated rings. The Morgan fingerprint density at radius 2 is 1.84 bits per heavy atom. The first-order valence-corrected chi connectivity index (χ1v) is 5.57. The third-order valence-electron chi connectivity index (χ3n) is 2.76. The number of hydrogen-bond acceptors (Lipinski definition) is 2. The van der Waals surface area contributed by atoms with Crippen molar-refractivity contribution in [2.75, 3.05) is 13.1 Å². The van der Waals surface area contributed by atoms with Crippen LogP contribution in [0, 0.1) is 0 Å². The molecule has 1 heterocycles. The fourth-order valence-corrected chi connectivity index (χ4v) is 1.99. The normalized spacial score (nSPS) is 20.4. The van der Waals surface area contributed by atoms with Crippen LogP contribution in [0.4, 0.5) is 13.2 Å². The van der Waals surface area contributed by atoms with Crippen molar-refractivity contribution in [2.24, 2.45) is 0 Å². The Kier molecular flexibility index (Phi) is 3.46. The average molecular weight is 272 g/mol. The van der Waals surface area contributed by atoms with Crippen molar-refractivity contribution in [1.29, 1.82) is 0 Å². The van der Waals surface area contributed by atoms with Crippen LogP contribution >= 0.6 is 0 Å². The summed E-state index contributed by atoms with van der Waals surface area (Å²) in [6, 6.07) is 6.70. The molecule has 1 aromatic rings. The molecule has 19 heavy (non-hydrogen) atoms. The van der Waals surface area contributed by atoms with E-state index in [2.05, 4.69) is 5.32 Å². The number of alkyl halides is 3. The second kappa shape index (κ2) is 4.91. The van der Waals surface area contributed by atoms with E-state index in [1.165, 1.54) is 12.1 Å². The van der Waals surface area contributed by atoms with Gasteiger partial charge in [-0.25, -0.2) is 0 Å². The van der Waals surface area contributed by atoms with E-state index in [0.717, 1.165) is 0 Å². The molecule has 1 aromatic carbocycles. The lowest BCUT2D eigenvalue weighted by atomic mass is 10.0. The van der Waals surface area contributed by atoms with Gasteiger partial charge in [0.1, 0.15) is 12.6 Å². The molecule has 1 N–H and O–H groups in total. The molecule has 1 saturated heterocycles. The Labute approximate surface area is 107 Å². The first kappa shape index (κ1) is 13.4. The van der Waals surface area contributed by atoms with Crippen LogP contribution in [0.25, 0.3) is 0 Å². The maximum atomic E-state index is 12.5. The molecule has 0 aliphatic carbocycles. The number of carbonyl (C=O) groups is 2. The Morgan fingerprint density at radius 3 is 2.42 bits per heavy atom. The van der Waals surface area contributed by atoms with Crippen LogP contribution < -0.4 is 5.32 Å². The topological polar surface area (TPSA) is 49.4 Å². The van der Waals surface area contributed by atoms with Crippen LogP contribution in [0.15, 0.2) is 30.3 Å². The van der Waals surface area contributed by atoms with Gasteiger partial charge in [-0.2, -0.15) is 13.2 Å². The van der Waals surface area contributed by atoms with Gasteiger partial charge in [-0.05, 0) is 5.56 Å². The van der Waals surface area contributed by atoms with E-state index in [4.69, 9.17) is 0 Å². The fraction of sp³-hybridized carbons (Fsp3) is 0.333. The lowest BCUT2D eigenvalue weighted by Gasteiger charge is -2.35. The maximum Gasteiger partial charge on any atom is 0.406 e. The lowest BCUT2D eigenvalue weighted by Crippen LogP contribution is -2.55. The highest BCUT2D eigenvalue weighted by Crippen LogP contribution is 2.27. The van der Waals surface area contributed by atoms with Crippen molar-refractivity contribution in [3.05, 3.63) is 35.9 Å². The summed E-state index contributed by atoms with van der Waals surface area (Å²) in [5, 5.41) is 2.30. The number of benzene rings is 1. The van der Waals surface area contributed by atoms with Crippen molar-refractivity contribution >= 4 is 11.8 Å². The second-order valence-corrected chi connectivity index (χ2v) is 4.17. The molecule has 0 aromatic heterocycles. The van der Waals surface area contributed by atoms with Crippen LogP contribution in [0.1, 0.15) is 11.6 Å². The van der Waals surface area contributed by atoms with Gasteiger partial charge in [-0.1, -0.05) is 30.3 Å². The van der Waals surface area contributed by atoms with E-state index in [-0.39, 0.29) is 0 Å². The van der Waals surface area contributed by atoms with Crippen LogP contribution in [-0.4, -0.2) is 36.0 Å². The van der Waals surface area contributed by atoms with Gasteiger partial charge >= 0.3 is 6.18 Å². The van der Waals surface area contributed by atoms with Crippen molar-refractivity contribution in [3.63, 3.8) is 0 Å². The summed E-state index contributed by atoms with van der Waals surface area (Å²) in [7, 11) is 0. The number of halogens is 3. The Bertz CT molecular complexity index is 487. The molecule has 1 aliphatic rings. The third-order valence-corrected chi connectivity index (χ3v) is 2.76. The monoisotopic (exact) mass is 272 g/mol. The first-order valence-electron chi connectivity index (χ1n) is 5.57. The van der Waals surface area contributed by atoms with E-state index >= 15 is 0 Å². The molecule has 1 unspecified atom stereocenters. The van der Waals surface area contributed by atoms with E-state index < -0.39 is 37.1 Å². The summed E-state index contributed by atoms with van der Waals surface area (Å²) in [5.41, 5.74) is 0.359. The molecule has 102 valence electrons. The van der Waals surface area contributed by atoms with Gasteiger partial charge in [0, 0.05) is 0 Å². The standard InChI is InChI=1S/C12H11F3N2O2/c13-12(14,15)7-17-9(18)6-16-11(19)10(17)8-4-2-1-3-5-8/h1-5,10H,6-7H2,(H,16,19). The molecule has 4 nitrogen and oxygen atoms in total. The van der Waals surface area contributed by atoms with E-state index in [0.29, 0.717) is 10.5 Å². The van der Waals surface area contributed by atoms with E-state index in [1.54, 1.807) is 18.2 Å². The van der Waals surface area contributed by atoms with Crippen LogP contribution in [0.2, 0.25) is 0 Å². The number of nitrogens with zero attached hydrogens (tertiary/aromatic N) is 1. The summed E-state index contributed by atoms with van der Waals surface area (Å²) >= 11 is 0. The van der Waals surface area contributed by atoms with Crippen LogP contribution in [0.5, 0.6) is 0 Å². The Balaban J connectivity index is 2.34. The molecule has 0 bridgehead atoms. The van der Waals surface area contributed by atoms with Gasteiger partial charge in [0.25, 0.3) is 0 Å². The SMILES string of the molecule is O=C1NCC(=O)N(CC(F)(F)F)C1c1ccccc1. The number of nitrogens with one attached hydrogen (secondary N) is 1. The van der Waals surface area contributed by atoms with Gasteiger partial charge in [-0.3, -0.25) is 9.59 Å². The van der Waals surface area contributed by atoms with Gasteiger partial charge in [-0.15, -0.1) is 0 Å². The van der Waals surface area contributed by atoms with Crippen LogP contribution in [0.3, 0.4) is 0 Å². The molecular formula is C12H11F3N2O2. The van der Waals surface area contributed by atoms with E-state index in [9.17, 15) is 22.8 Å². The molecule has 7 heteroatoms. The lowest BCUT2D eigenvalue weighted by molar-refractivity contribution is -0.171. The molecule has 2 amide bonds. The molecule has 0 radical (unpaired) electrons. The summed E-state index contributed by atoms with van der Waals surface area (Å²) in [5.74, 6) is -1.35.